The number of fused-ring (bicyclic) bond motifs is 1. The number of piperidine rings is 1. The highest BCUT2D eigenvalue weighted by molar-refractivity contribution is 5.84. The van der Waals surface area contributed by atoms with Crippen LogP contribution in [-0.2, 0) is 30.2 Å². The summed E-state index contributed by atoms with van der Waals surface area (Å²) in [6, 6.07) is -0.916. The minimum absolute atomic E-state index is 0.211. The van der Waals surface area contributed by atoms with Crippen molar-refractivity contribution in [1.29, 1.82) is 0 Å². The fourth-order valence-electron chi connectivity index (χ4n) is 3.25. The van der Waals surface area contributed by atoms with Gasteiger partial charge in [-0.25, -0.2) is 19.1 Å². The third kappa shape index (κ3) is 2.73. The van der Waals surface area contributed by atoms with Crippen molar-refractivity contribution >= 4 is 23.0 Å². The van der Waals surface area contributed by atoms with Gasteiger partial charge in [-0.3, -0.25) is 14.2 Å². The molecule has 0 radical (unpaired) electrons. The van der Waals surface area contributed by atoms with Crippen LogP contribution < -0.4 is 11.2 Å². The fraction of sp³-hybridized carbons (Fsp3) is 0.533. The van der Waals surface area contributed by atoms with Crippen molar-refractivity contribution in [2.75, 3.05) is 6.54 Å². The highest BCUT2D eigenvalue weighted by Crippen LogP contribution is 2.17. The Labute approximate surface area is 141 Å². The summed E-state index contributed by atoms with van der Waals surface area (Å²) in [6.07, 6.45) is 3.21. The van der Waals surface area contributed by atoms with E-state index in [4.69, 9.17) is 0 Å². The fourth-order valence-corrected chi connectivity index (χ4v) is 3.25. The summed E-state index contributed by atoms with van der Waals surface area (Å²) < 4.78 is 3.52. The van der Waals surface area contributed by atoms with Crippen LogP contribution in [0, 0.1) is 0 Å². The summed E-state index contributed by atoms with van der Waals surface area (Å²) in [5.41, 5.74) is -0.824. The first-order valence-electron chi connectivity index (χ1n) is 7.96. The molecule has 1 aliphatic heterocycles. The van der Waals surface area contributed by atoms with Gasteiger partial charge in [0.2, 0.25) is 5.91 Å². The molecular weight excluding hydrogens is 330 g/mol. The number of hydrogen-bond acceptors (Lipinski definition) is 5. The van der Waals surface area contributed by atoms with Crippen molar-refractivity contribution in [1.82, 2.24) is 23.6 Å². The van der Waals surface area contributed by atoms with Gasteiger partial charge in [-0.2, -0.15) is 0 Å². The van der Waals surface area contributed by atoms with E-state index in [9.17, 15) is 24.3 Å². The second-order valence-corrected chi connectivity index (χ2v) is 6.20. The maximum Gasteiger partial charge on any atom is 0.332 e. The average Bonchev–Trinajstić information content (AvgIpc) is 2.98. The molecular formula is C15H19N5O5. The normalized spacial score (nSPS) is 17.8. The molecule has 1 amide bonds. The van der Waals surface area contributed by atoms with E-state index in [0.29, 0.717) is 19.4 Å². The molecule has 0 spiro atoms. The van der Waals surface area contributed by atoms with E-state index in [2.05, 4.69) is 4.98 Å². The lowest BCUT2D eigenvalue weighted by Crippen LogP contribution is -2.51. The number of carboxylic acids is 1. The van der Waals surface area contributed by atoms with Crippen LogP contribution in [0.2, 0.25) is 0 Å². The highest BCUT2D eigenvalue weighted by Gasteiger charge is 2.32. The first kappa shape index (κ1) is 16.9. The number of likely N-dealkylation sites (tertiary alicyclic amines) is 1. The molecule has 25 heavy (non-hydrogen) atoms. The monoisotopic (exact) mass is 349 g/mol. The molecule has 0 aromatic carbocycles. The SMILES string of the molecule is Cn1cnc2c1c(=O)n(CC(=O)N1CCCCC1C(=O)O)c(=O)n2C. The molecule has 2 aromatic heterocycles. The third-order valence-electron chi connectivity index (χ3n) is 4.60. The second kappa shape index (κ2) is 6.19. The largest absolute Gasteiger partial charge is 0.480 e. The predicted octanol–water partition coefficient (Wildman–Crippen LogP) is -1.10. The van der Waals surface area contributed by atoms with Crippen molar-refractivity contribution in [3.63, 3.8) is 0 Å². The van der Waals surface area contributed by atoms with E-state index in [1.54, 1.807) is 7.05 Å². The number of nitrogens with zero attached hydrogens (tertiary/aromatic N) is 5. The van der Waals surface area contributed by atoms with Gasteiger partial charge >= 0.3 is 11.7 Å². The number of aryl methyl sites for hydroxylation is 2. The van der Waals surface area contributed by atoms with E-state index >= 15 is 0 Å². The van der Waals surface area contributed by atoms with Crippen molar-refractivity contribution < 1.29 is 14.7 Å². The Morgan fingerprint density at radius 2 is 2.00 bits per heavy atom. The quantitative estimate of drug-likeness (QED) is 0.751. The van der Waals surface area contributed by atoms with Gasteiger partial charge in [0, 0.05) is 20.6 Å². The van der Waals surface area contributed by atoms with Crippen molar-refractivity contribution in [3.05, 3.63) is 27.2 Å². The molecule has 0 bridgehead atoms. The lowest BCUT2D eigenvalue weighted by molar-refractivity contribution is -0.152. The zero-order chi connectivity index (χ0) is 18.3. The van der Waals surface area contributed by atoms with Gasteiger partial charge in [-0.1, -0.05) is 0 Å². The zero-order valence-corrected chi connectivity index (χ0v) is 14.0. The molecule has 1 aliphatic rings. The van der Waals surface area contributed by atoms with Gasteiger partial charge in [-0.15, -0.1) is 0 Å². The summed E-state index contributed by atoms with van der Waals surface area (Å²) in [5, 5.41) is 9.29. The van der Waals surface area contributed by atoms with E-state index in [-0.39, 0.29) is 11.2 Å². The van der Waals surface area contributed by atoms with Crippen LogP contribution in [0.25, 0.3) is 11.2 Å². The Bertz CT molecular complexity index is 969. The summed E-state index contributed by atoms with van der Waals surface area (Å²) in [7, 11) is 3.09. The molecule has 1 atom stereocenters. The summed E-state index contributed by atoms with van der Waals surface area (Å²) >= 11 is 0. The number of aliphatic carboxylic acids is 1. The number of carbonyl (C=O) groups excluding carboxylic acids is 1. The third-order valence-corrected chi connectivity index (χ3v) is 4.60. The predicted molar refractivity (Wildman–Crippen MR) is 87.2 cm³/mol. The Kier molecular flexibility index (Phi) is 4.19. The summed E-state index contributed by atoms with van der Waals surface area (Å²) in [5.74, 6) is -1.62. The second-order valence-electron chi connectivity index (χ2n) is 6.20. The van der Waals surface area contributed by atoms with Crippen LogP contribution in [0.3, 0.4) is 0 Å². The topological polar surface area (TPSA) is 119 Å². The van der Waals surface area contributed by atoms with Gasteiger partial charge < -0.3 is 14.6 Å². The summed E-state index contributed by atoms with van der Waals surface area (Å²) in [6.45, 7) is -0.185. The number of imidazole rings is 1. The molecule has 1 saturated heterocycles. The molecule has 10 heteroatoms. The van der Waals surface area contributed by atoms with E-state index in [1.807, 2.05) is 0 Å². The number of rotatable bonds is 3. The molecule has 0 aliphatic carbocycles. The lowest BCUT2D eigenvalue weighted by Gasteiger charge is -2.33. The number of hydrogen-bond donors (Lipinski definition) is 1. The minimum atomic E-state index is -1.07. The van der Waals surface area contributed by atoms with Gasteiger partial charge in [0.25, 0.3) is 5.56 Å². The molecule has 0 saturated carbocycles. The van der Waals surface area contributed by atoms with Crippen LogP contribution in [0.1, 0.15) is 19.3 Å². The van der Waals surface area contributed by atoms with Crippen LogP contribution in [0.5, 0.6) is 0 Å². The first-order chi connectivity index (χ1) is 11.8. The van der Waals surface area contributed by atoms with Crippen molar-refractivity contribution in [3.8, 4) is 0 Å². The molecule has 3 rings (SSSR count). The number of amides is 1. The number of aromatic nitrogens is 4. The molecule has 3 heterocycles. The molecule has 1 unspecified atom stereocenters. The van der Waals surface area contributed by atoms with Crippen LogP contribution in [0.4, 0.5) is 0 Å². The van der Waals surface area contributed by atoms with Gasteiger partial charge in [0.05, 0.1) is 6.33 Å². The van der Waals surface area contributed by atoms with Gasteiger partial charge in [0.1, 0.15) is 12.6 Å². The minimum Gasteiger partial charge on any atom is -0.480 e. The molecule has 10 nitrogen and oxygen atoms in total. The van der Waals surface area contributed by atoms with Gasteiger partial charge in [-0.05, 0) is 19.3 Å². The Balaban J connectivity index is 2.02. The Hall–Kier alpha value is -2.91. The number of carboxylic acid groups (broad SMARTS) is 1. The Morgan fingerprint density at radius 3 is 2.68 bits per heavy atom. The molecule has 1 N–H and O–H groups in total. The molecule has 2 aromatic rings. The summed E-state index contributed by atoms with van der Waals surface area (Å²) in [4.78, 5) is 54.3. The maximum atomic E-state index is 12.6. The smallest absolute Gasteiger partial charge is 0.332 e. The van der Waals surface area contributed by atoms with Crippen LogP contribution >= 0.6 is 0 Å². The van der Waals surface area contributed by atoms with E-state index < -0.39 is 35.7 Å². The average molecular weight is 349 g/mol. The highest BCUT2D eigenvalue weighted by atomic mass is 16.4. The molecule has 134 valence electrons. The standard InChI is InChI=1S/C15H19N5O5/c1-17-8-16-12-11(17)13(22)20(15(25)18(12)2)7-10(21)19-6-4-3-5-9(19)14(23)24/h8-9H,3-7H2,1-2H3,(H,23,24). The zero-order valence-electron chi connectivity index (χ0n) is 14.0. The molecule has 1 fully saturated rings. The van der Waals surface area contributed by atoms with E-state index in [1.165, 1.54) is 27.4 Å². The first-order valence-corrected chi connectivity index (χ1v) is 7.96. The maximum absolute atomic E-state index is 12.6. The van der Waals surface area contributed by atoms with Crippen LogP contribution in [-0.4, -0.2) is 53.2 Å². The van der Waals surface area contributed by atoms with Crippen molar-refractivity contribution in [2.45, 2.75) is 31.8 Å². The van der Waals surface area contributed by atoms with Crippen molar-refractivity contribution in [2.24, 2.45) is 14.1 Å². The lowest BCUT2D eigenvalue weighted by atomic mass is 10.0. The van der Waals surface area contributed by atoms with Gasteiger partial charge in [0.15, 0.2) is 11.2 Å². The van der Waals surface area contributed by atoms with Crippen LogP contribution in [0.15, 0.2) is 15.9 Å². The number of carbonyl (C=O) groups is 2. The Morgan fingerprint density at radius 1 is 1.28 bits per heavy atom. The van der Waals surface area contributed by atoms with E-state index in [0.717, 1.165) is 11.0 Å².